The van der Waals surface area contributed by atoms with E-state index in [0.717, 1.165) is 40.7 Å². The predicted molar refractivity (Wildman–Crippen MR) is 144 cm³/mol. The molecule has 0 bridgehead atoms. The molecule has 0 spiro atoms. The Morgan fingerprint density at radius 3 is 2.16 bits per heavy atom. The lowest BCUT2D eigenvalue weighted by Crippen LogP contribution is -2.81. The largest absolute Gasteiger partial charge is 0.497 e. The van der Waals surface area contributed by atoms with Crippen LogP contribution in [0.15, 0.2) is 47.3 Å². The molecule has 0 aromatic heterocycles. The van der Waals surface area contributed by atoms with Gasteiger partial charge in [0.05, 0.1) is 48.3 Å². The molecule has 0 unspecified atom stereocenters. The number of nitrogens with one attached hydrogen (secondary N) is 1. The minimum atomic E-state index is -0.0779. The standard InChI is InChI=1S/C29H34N2O6/c1-30-23-9-7-18-13-26(35-4)28(36-5)29(37-6)27(18)21-8-10-24(25(32)15-22(21)23)31-16-17-11-19(33-2)14-20(12-17)34-3/h8,10-15,23,30H,7,9,16H2,1-6H3,(H,31,32)/p+1/t23-/m0/s1. The van der Waals surface area contributed by atoms with E-state index in [9.17, 15) is 4.79 Å². The summed E-state index contributed by atoms with van der Waals surface area (Å²) in [6.07, 6.45) is 1.68. The molecule has 0 fully saturated rings. The van der Waals surface area contributed by atoms with E-state index in [4.69, 9.17) is 23.7 Å². The fourth-order valence-electron chi connectivity index (χ4n) is 5.00. The summed E-state index contributed by atoms with van der Waals surface area (Å²) in [7, 11) is 10.1. The highest BCUT2D eigenvalue weighted by atomic mass is 16.5. The van der Waals surface area contributed by atoms with Crippen LogP contribution in [-0.4, -0.2) is 42.6 Å². The minimum absolute atomic E-state index is 0.0779. The Bertz CT molecular complexity index is 1320. The maximum absolute atomic E-state index is 13.4. The van der Waals surface area contributed by atoms with E-state index >= 15 is 0 Å². The molecule has 3 aromatic carbocycles. The van der Waals surface area contributed by atoms with Crippen molar-refractivity contribution in [2.24, 2.45) is 0 Å². The third-order valence-electron chi connectivity index (χ3n) is 6.88. The Hall–Kier alpha value is -3.91. The molecule has 1 aliphatic rings. The van der Waals surface area contributed by atoms with Gasteiger partial charge >= 0.3 is 0 Å². The van der Waals surface area contributed by atoms with Crippen molar-refractivity contribution in [2.75, 3.05) is 47.9 Å². The van der Waals surface area contributed by atoms with Gasteiger partial charge in [-0.15, -0.1) is 0 Å². The molecule has 196 valence electrons. The summed E-state index contributed by atoms with van der Waals surface area (Å²) in [6.45, 7) is 0.436. The first-order valence-electron chi connectivity index (χ1n) is 12.2. The Kier molecular flexibility index (Phi) is 8.08. The Morgan fingerprint density at radius 2 is 1.57 bits per heavy atom. The summed E-state index contributed by atoms with van der Waals surface area (Å²) < 4.78 is 27.9. The van der Waals surface area contributed by atoms with Gasteiger partial charge in [-0.05, 0) is 53.4 Å². The number of nitrogens with two attached hydrogens (primary N) is 1. The zero-order valence-electron chi connectivity index (χ0n) is 22.3. The number of hydrogen-bond donors (Lipinski definition) is 2. The molecule has 3 N–H and O–H groups in total. The van der Waals surface area contributed by atoms with E-state index in [2.05, 4.69) is 10.6 Å². The van der Waals surface area contributed by atoms with Crippen LogP contribution in [0.25, 0.3) is 11.1 Å². The summed E-state index contributed by atoms with van der Waals surface area (Å²) >= 11 is 0. The number of methoxy groups -OCH3 is 5. The first kappa shape index (κ1) is 26.2. The van der Waals surface area contributed by atoms with E-state index < -0.39 is 0 Å². The topological polar surface area (TPSA) is 91.9 Å². The molecule has 1 atom stereocenters. The molecule has 0 radical (unpaired) electrons. The van der Waals surface area contributed by atoms with Crippen LogP contribution in [0.3, 0.4) is 0 Å². The van der Waals surface area contributed by atoms with Crippen molar-refractivity contribution in [3.63, 3.8) is 0 Å². The van der Waals surface area contributed by atoms with Crippen molar-refractivity contribution in [3.8, 4) is 39.9 Å². The van der Waals surface area contributed by atoms with Crippen LogP contribution in [0, 0.1) is 0 Å². The fourth-order valence-corrected chi connectivity index (χ4v) is 5.00. The van der Waals surface area contributed by atoms with Gasteiger partial charge in [0.1, 0.15) is 17.5 Å². The van der Waals surface area contributed by atoms with Crippen molar-refractivity contribution in [2.45, 2.75) is 25.4 Å². The van der Waals surface area contributed by atoms with Crippen molar-refractivity contribution in [1.82, 2.24) is 0 Å². The van der Waals surface area contributed by atoms with Crippen molar-refractivity contribution in [1.29, 1.82) is 0 Å². The Balaban J connectivity index is 1.83. The molecule has 0 heterocycles. The van der Waals surface area contributed by atoms with E-state index in [-0.39, 0.29) is 11.5 Å². The van der Waals surface area contributed by atoms with E-state index in [1.807, 2.05) is 43.4 Å². The molecule has 0 aliphatic heterocycles. The van der Waals surface area contributed by atoms with E-state index in [1.165, 1.54) is 0 Å². The summed E-state index contributed by atoms with van der Waals surface area (Å²) in [4.78, 5) is 13.4. The first-order chi connectivity index (χ1) is 18.0. The summed E-state index contributed by atoms with van der Waals surface area (Å²) in [5.74, 6) is 3.15. The van der Waals surface area contributed by atoms with Gasteiger partial charge in [0.15, 0.2) is 11.5 Å². The molecule has 0 saturated carbocycles. The van der Waals surface area contributed by atoms with Gasteiger partial charge in [0, 0.05) is 30.2 Å². The Labute approximate surface area is 217 Å². The molecule has 0 saturated heterocycles. The molecule has 8 nitrogen and oxygen atoms in total. The second-order valence-electron chi connectivity index (χ2n) is 8.86. The van der Waals surface area contributed by atoms with Crippen LogP contribution in [-0.2, 0) is 13.0 Å². The molecule has 3 aromatic rings. The lowest BCUT2D eigenvalue weighted by molar-refractivity contribution is -0.670. The van der Waals surface area contributed by atoms with Crippen LogP contribution in [0.5, 0.6) is 28.7 Å². The number of quaternary nitrogens is 1. The number of fused-ring (bicyclic) bond motifs is 3. The average Bonchev–Trinajstić information content (AvgIpc) is 3.18. The zero-order chi connectivity index (χ0) is 26.5. The minimum Gasteiger partial charge on any atom is -0.497 e. The Morgan fingerprint density at radius 1 is 0.865 bits per heavy atom. The van der Waals surface area contributed by atoms with Crippen molar-refractivity contribution in [3.05, 3.63) is 69.4 Å². The zero-order valence-corrected chi connectivity index (χ0v) is 22.3. The highest BCUT2D eigenvalue weighted by Crippen LogP contribution is 2.49. The highest BCUT2D eigenvalue weighted by Gasteiger charge is 2.29. The van der Waals surface area contributed by atoms with Gasteiger partial charge < -0.3 is 34.3 Å². The quantitative estimate of drug-likeness (QED) is 0.458. The van der Waals surface area contributed by atoms with Crippen LogP contribution in [0.1, 0.15) is 29.2 Å². The van der Waals surface area contributed by atoms with Gasteiger partial charge in [0.2, 0.25) is 11.2 Å². The molecule has 1 aliphatic carbocycles. The average molecular weight is 508 g/mol. The van der Waals surface area contributed by atoms with Crippen LogP contribution < -0.4 is 39.7 Å². The van der Waals surface area contributed by atoms with Gasteiger partial charge in [-0.2, -0.15) is 0 Å². The van der Waals surface area contributed by atoms with E-state index in [1.54, 1.807) is 41.6 Å². The van der Waals surface area contributed by atoms with Crippen LogP contribution in [0.4, 0.5) is 5.69 Å². The van der Waals surface area contributed by atoms with Gasteiger partial charge in [-0.25, -0.2) is 0 Å². The second-order valence-corrected chi connectivity index (χ2v) is 8.86. The summed E-state index contributed by atoms with van der Waals surface area (Å²) in [5, 5.41) is 5.46. The normalized spacial score (nSPS) is 14.1. The van der Waals surface area contributed by atoms with Crippen molar-refractivity contribution < 1.29 is 29.0 Å². The maximum Gasteiger partial charge on any atom is 0.203 e. The number of hydrogen-bond acceptors (Lipinski definition) is 7. The number of benzene rings is 2. The van der Waals surface area contributed by atoms with E-state index in [0.29, 0.717) is 41.0 Å². The van der Waals surface area contributed by atoms with Gasteiger partial charge in [-0.1, -0.05) is 6.07 Å². The molecule has 4 rings (SSSR count). The summed E-state index contributed by atoms with van der Waals surface area (Å²) in [6, 6.07) is 13.4. The van der Waals surface area contributed by atoms with Crippen LogP contribution >= 0.6 is 0 Å². The smallest absolute Gasteiger partial charge is 0.203 e. The maximum atomic E-state index is 13.4. The molecule has 37 heavy (non-hydrogen) atoms. The highest BCUT2D eigenvalue weighted by molar-refractivity contribution is 5.82. The van der Waals surface area contributed by atoms with Crippen molar-refractivity contribution >= 4 is 5.69 Å². The monoisotopic (exact) mass is 507 g/mol. The summed E-state index contributed by atoms with van der Waals surface area (Å²) in [5.41, 5.74) is 5.30. The first-order valence-corrected chi connectivity index (χ1v) is 12.2. The molecular formula is C29H35N2O6+. The fraction of sp³-hybridized carbons (Fsp3) is 0.345. The third-order valence-corrected chi connectivity index (χ3v) is 6.88. The number of rotatable bonds is 9. The molecular weight excluding hydrogens is 472 g/mol. The number of anilines is 1. The SMILES string of the molecule is C[NH2+][C@H]1CCc2cc(OC)c(OC)c(OC)c2-c2ccc(NCc3cc(OC)cc(OC)c3)c(=O)cc21. The third kappa shape index (κ3) is 5.15. The molecule has 0 amide bonds. The second kappa shape index (κ2) is 11.4. The molecule has 8 heteroatoms. The predicted octanol–water partition coefficient (Wildman–Crippen LogP) is 3.55. The lowest BCUT2D eigenvalue weighted by Gasteiger charge is -2.19. The van der Waals surface area contributed by atoms with Gasteiger partial charge in [-0.3, -0.25) is 4.79 Å². The number of aryl methyl sites for hydroxylation is 1. The van der Waals surface area contributed by atoms with Crippen LogP contribution in [0.2, 0.25) is 0 Å². The lowest BCUT2D eigenvalue weighted by atomic mass is 9.95. The number of ether oxygens (including phenoxy) is 5. The van der Waals surface area contributed by atoms with Gasteiger partial charge in [0.25, 0.3) is 0 Å².